The second-order valence-electron chi connectivity index (χ2n) is 12.5. The molecule has 0 spiro atoms. The zero-order chi connectivity index (χ0) is 29.1. The lowest BCUT2D eigenvalue weighted by Crippen LogP contribution is -2.59. The Balaban J connectivity index is 1.39. The van der Waals surface area contributed by atoms with E-state index in [1.807, 2.05) is 0 Å². The summed E-state index contributed by atoms with van der Waals surface area (Å²) in [5, 5.41) is 3.98. The second-order valence-corrected chi connectivity index (χ2v) is 18.1. The lowest BCUT2D eigenvalue weighted by Gasteiger charge is -2.46. The van der Waals surface area contributed by atoms with Gasteiger partial charge in [0.2, 0.25) is 0 Å². The minimum Gasteiger partial charge on any atom is -0.361 e. The van der Waals surface area contributed by atoms with Crippen molar-refractivity contribution in [1.29, 1.82) is 0 Å². The predicted molar refractivity (Wildman–Crippen MR) is 151 cm³/mol. The number of alkyl halides is 3. The van der Waals surface area contributed by atoms with Gasteiger partial charge in [-0.2, -0.15) is 18.3 Å². The fraction of sp³-hybridized carbons (Fsp3) is 0.593. The molecule has 2 saturated heterocycles. The average molecular weight is 593 g/mol. The fourth-order valence-electron chi connectivity index (χ4n) is 6.13. The molecule has 41 heavy (non-hydrogen) atoms. The van der Waals surface area contributed by atoms with Crippen molar-refractivity contribution in [2.24, 2.45) is 4.99 Å². The highest BCUT2D eigenvalue weighted by atomic mass is 28.3. The zero-order valence-electron chi connectivity index (χ0n) is 23.8. The first kappa shape index (κ1) is 28.3. The van der Waals surface area contributed by atoms with Crippen molar-refractivity contribution in [2.75, 3.05) is 31.6 Å². The Bertz CT molecular complexity index is 1430. The molecule has 3 atom stereocenters. The largest absolute Gasteiger partial charge is 0.421 e. The molecular weight excluding hydrogens is 556 g/mol. The maximum atomic E-state index is 14.9. The molecule has 2 fully saturated rings. The van der Waals surface area contributed by atoms with E-state index in [1.54, 1.807) is 21.6 Å². The number of anilines is 1. The van der Waals surface area contributed by atoms with Crippen LogP contribution in [0.25, 0.3) is 11.0 Å². The van der Waals surface area contributed by atoms with Gasteiger partial charge in [-0.15, -0.1) is 0 Å². The number of benzene rings is 1. The Labute approximate surface area is 237 Å². The number of para-hydroxylation sites is 1. The van der Waals surface area contributed by atoms with Crippen LogP contribution in [0, 0.1) is 5.82 Å². The van der Waals surface area contributed by atoms with Gasteiger partial charge in [0.05, 0.1) is 18.3 Å². The molecule has 3 aliphatic heterocycles. The van der Waals surface area contributed by atoms with Gasteiger partial charge in [0.25, 0.3) is 0 Å². The molecular formula is C27H36F4N8OSi. The van der Waals surface area contributed by atoms with Crippen LogP contribution in [0.5, 0.6) is 0 Å². The summed E-state index contributed by atoms with van der Waals surface area (Å²) >= 11 is 0. The molecule has 3 aliphatic rings. The highest BCUT2D eigenvalue weighted by Crippen LogP contribution is 2.40. The lowest BCUT2D eigenvalue weighted by atomic mass is 10.2. The number of fused-ring (bicyclic) bond motifs is 4. The summed E-state index contributed by atoms with van der Waals surface area (Å²) in [4.78, 5) is 15.4. The van der Waals surface area contributed by atoms with E-state index in [2.05, 4.69) is 46.6 Å². The quantitative estimate of drug-likeness (QED) is 0.215. The number of likely N-dealkylation sites (N-methyl/N-ethyl adjacent to an activating group) is 1. The first-order valence-corrected chi connectivity index (χ1v) is 17.7. The Morgan fingerprint density at radius 3 is 2.51 bits per heavy atom. The third-order valence-corrected chi connectivity index (χ3v) is 10.2. The highest BCUT2D eigenvalue weighted by molar-refractivity contribution is 6.76. The fourth-order valence-corrected chi connectivity index (χ4v) is 6.89. The number of likely N-dealkylation sites (tertiary alicyclic amines) is 1. The molecule has 9 nitrogen and oxygen atoms in total. The first-order chi connectivity index (χ1) is 19.4. The number of hydrogen-bond acceptors (Lipinski definition) is 7. The van der Waals surface area contributed by atoms with Crippen LogP contribution in [0.3, 0.4) is 0 Å². The number of aliphatic imine (C=N–C) groups is 1. The van der Waals surface area contributed by atoms with Crippen LogP contribution in [0.4, 0.5) is 23.4 Å². The molecule has 0 aliphatic carbocycles. The van der Waals surface area contributed by atoms with E-state index in [9.17, 15) is 17.6 Å². The van der Waals surface area contributed by atoms with Crippen LogP contribution in [0.2, 0.25) is 25.7 Å². The Hall–Kier alpha value is -2.81. The van der Waals surface area contributed by atoms with E-state index in [1.165, 1.54) is 17.1 Å². The molecule has 0 N–H and O–H groups in total. The van der Waals surface area contributed by atoms with Crippen LogP contribution >= 0.6 is 0 Å². The van der Waals surface area contributed by atoms with Crippen LogP contribution in [0.1, 0.15) is 24.2 Å². The minimum absolute atomic E-state index is 0.0377. The van der Waals surface area contributed by atoms with Gasteiger partial charge in [0.15, 0.2) is 12.1 Å². The van der Waals surface area contributed by atoms with Crippen molar-refractivity contribution < 1.29 is 22.3 Å². The normalized spacial score (nSPS) is 23.6. The van der Waals surface area contributed by atoms with Crippen molar-refractivity contribution in [3.8, 4) is 0 Å². The molecule has 1 aromatic carbocycles. The molecule has 5 heterocycles. The van der Waals surface area contributed by atoms with E-state index >= 15 is 0 Å². The van der Waals surface area contributed by atoms with Gasteiger partial charge in [-0.05, 0) is 38.1 Å². The summed E-state index contributed by atoms with van der Waals surface area (Å²) in [6, 6.07) is 6.28. The number of piperazine rings is 1. The number of aromatic nitrogens is 4. The van der Waals surface area contributed by atoms with E-state index in [0.29, 0.717) is 43.1 Å². The predicted octanol–water partition coefficient (Wildman–Crippen LogP) is 4.66. The Kier molecular flexibility index (Phi) is 7.23. The summed E-state index contributed by atoms with van der Waals surface area (Å²) in [5.74, 6) is -0.185. The summed E-state index contributed by atoms with van der Waals surface area (Å²) in [7, 11) is 0.763. The molecule has 3 unspecified atom stereocenters. The van der Waals surface area contributed by atoms with E-state index in [4.69, 9.17) is 9.73 Å². The number of ether oxygens (including phenoxy) is 1. The summed E-state index contributed by atoms with van der Waals surface area (Å²) in [5.41, 5.74) is -0.145. The van der Waals surface area contributed by atoms with Gasteiger partial charge in [0, 0.05) is 39.9 Å². The number of imidazole rings is 1. The third-order valence-electron chi connectivity index (χ3n) is 8.47. The molecule has 0 amide bonds. The Morgan fingerprint density at radius 2 is 1.83 bits per heavy atom. The van der Waals surface area contributed by atoms with Gasteiger partial charge in [0.1, 0.15) is 35.8 Å². The van der Waals surface area contributed by atoms with Gasteiger partial charge >= 0.3 is 6.18 Å². The van der Waals surface area contributed by atoms with Gasteiger partial charge in [-0.3, -0.25) is 9.80 Å². The molecule has 0 saturated carbocycles. The first-order valence-electron chi connectivity index (χ1n) is 14.0. The number of hydrogen-bond donors (Lipinski definition) is 0. The van der Waals surface area contributed by atoms with Crippen LogP contribution < -0.4 is 4.90 Å². The Morgan fingerprint density at radius 1 is 1.10 bits per heavy atom. The molecule has 222 valence electrons. The average Bonchev–Trinajstić information content (AvgIpc) is 3.53. The van der Waals surface area contributed by atoms with Gasteiger partial charge in [-0.25, -0.2) is 19.0 Å². The molecule has 2 bridgehead atoms. The van der Waals surface area contributed by atoms with Crippen LogP contribution in [-0.2, 0) is 24.2 Å². The topological polar surface area (TPSA) is 67.0 Å². The molecule has 2 aromatic heterocycles. The van der Waals surface area contributed by atoms with Crippen molar-refractivity contribution in [3.05, 3.63) is 41.6 Å². The monoisotopic (exact) mass is 592 g/mol. The minimum atomic E-state index is -4.62. The van der Waals surface area contributed by atoms with E-state index < -0.39 is 31.9 Å². The van der Waals surface area contributed by atoms with Crippen LogP contribution in [-0.4, -0.2) is 88.7 Å². The third kappa shape index (κ3) is 5.42. The zero-order valence-corrected chi connectivity index (χ0v) is 24.8. The maximum Gasteiger partial charge on any atom is 0.421 e. The van der Waals surface area contributed by atoms with E-state index in [0.717, 1.165) is 25.1 Å². The number of halogens is 4. The lowest BCUT2D eigenvalue weighted by molar-refractivity contribution is -0.137. The smallest absolute Gasteiger partial charge is 0.361 e. The number of nitrogens with zero attached hydrogens (tertiary/aromatic N) is 8. The number of rotatable bonds is 8. The molecule has 6 rings (SSSR count). The summed E-state index contributed by atoms with van der Waals surface area (Å²) in [6.45, 7) is 8.76. The maximum absolute atomic E-state index is 14.9. The van der Waals surface area contributed by atoms with Crippen molar-refractivity contribution >= 4 is 31.3 Å². The highest BCUT2D eigenvalue weighted by Gasteiger charge is 2.45. The van der Waals surface area contributed by atoms with Gasteiger partial charge < -0.3 is 14.2 Å². The summed E-state index contributed by atoms with van der Waals surface area (Å²) in [6.07, 6.45) is -1.01. The standard InChI is InChI=1S/C27H36F4N8OSi/c1-35-18-8-9-19(35)14-36(13-18)26-32-16-39-25(20(12-33-39)27(29,30)31)37(26)15-23-34-24-21(28)6-5-7-22(24)38(23)17-40-10-11-41(2,3)4/h5-7,12,16,18-19,26H,8-11,13-15,17H2,1-4H3. The molecule has 14 heteroatoms. The van der Waals surface area contributed by atoms with Crippen molar-refractivity contribution in [3.63, 3.8) is 0 Å². The van der Waals surface area contributed by atoms with E-state index in [-0.39, 0.29) is 24.6 Å². The molecule has 0 radical (unpaired) electrons. The summed E-state index contributed by atoms with van der Waals surface area (Å²) < 4.78 is 66.6. The van der Waals surface area contributed by atoms with Gasteiger partial charge in [-0.1, -0.05) is 25.7 Å². The SMILES string of the molecule is CN1C2CCC1CN(C1N=Cn3ncc(C(F)(F)F)c3N1Cc1nc3c(F)cccc3n1COCC[Si](C)(C)C)C2. The van der Waals surface area contributed by atoms with Crippen molar-refractivity contribution in [2.45, 2.75) is 76.4 Å². The van der Waals surface area contributed by atoms with Crippen LogP contribution in [0.15, 0.2) is 29.4 Å². The second kappa shape index (κ2) is 10.5. The van der Waals surface area contributed by atoms with Crippen molar-refractivity contribution in [1.82, 2.24) is 29.1 Å². The molecule has 3 aromatic rings.